The predicted octanol–water partition coefficient (Wildman–Crippen LogP) is 0.736. The van der Waals surface area contributed by atoms with Gasteiger partial charge in [-0.2, -0.15) is 0 Å². The van der Waals surface area contributed by atoms with Crippen molar-refractivity contribution in [1.82, 2.24) is 5.01 Å². The van der Waals surface area contributed by atoms with E-state index in [0.29, 0.717) is 13.1 Å². The zero-order valence-corrected chi connectivity index (χ0v) is 7.70. The van der Waals surface area contributed by atoms with Crippen molar-refractivity contribution in [2.24, 2.45) is 5.10 Å². The molecule has 12 heavy (non-hydrogen) atoms. The first-order valence-corrected chi connectivity index (χ1v) is 4.02. The van der Waals surface area contributed by atoms with E-state index in [1.165, 1.54) is 6.08 Å². The third-order valence-electron chi connectivity index (χ3n) is 1.53. The summed E-state index contributed by atoms with van der Waals surface area (Å²) in [6, 6.07) is 0. The zero-order valence-electron chi connectivity index (χ0n) is 7.70. The Labute approximate surface area is 72.2 Å². The highest BCUT2D eigenvalue weighted by atomic mass is 16.5. The first-order valence-electron chi connectivity index (χ1n) is 4.02. The average molecular weight is 170 g/mol. The molecule has 0 saturated carbocycles. The standard InChI is InChI=1S/C8H14N2O2/c1-8(2,3)12-7-4-10(5-7)9-6-11/h7H,4-5H2,1-3H3. The Bertz CT molecular complexity index is 198. The van der Waals surface area contributed by atoms with Crippen molar-refractivity contribution in [2.45, 2.75) is 32.5 Å². The van der Waals surface area contributed by atoms with Crippen molar-refractivity contribution in [3.05, 3.63) is 0 Å². The van der Waals surface area contributed by atoms with E-state index in [0.717, 1.165) is 0 Å². The Hall–Kier alpha value is -0.860. The number of rotatable bonds is 2. The molecule has 0 aromatic carbocycles. The minimum atomic E-state index is -0.109. The quantitative estimate of drug-likeness (QED) is 0.453. The summed E-state index contributed by atoms with van der Waals surface area (Å²) in [6.45, 7) is 7.44. The number of hydrogen-bond donors (Lipinski definition) is 0. The summed E-state index contributed by atoms with van der Waals surface area (Å²) in [6.07, 6.45) is 1.71. The van der Waals surface area contributed by atoms with Crippen molar-refractivity contribution >= 4 is 6.08 Å². The van der Waals surface area contributed by atoms with Gasteiger partial charge in [-0.25, -0.2) is 4.79 Å². The summed E-state index contributed by atoms with van der Waals surface area (Å²) in [5, 5.41) is 5.10. The summed E-state index contributed by atoms with van der Waals surface area (Å²) < 4.78 is 5.62. The molecule has 0 bridgehead atoms. The second kappa shape index (κ2) is 3.25. The molecule has 0 unspecified atom stereocenters. The zero-order chi connectivity index (χ0) is 9.19. The molecule has 0 spiro atoms. The molecule has 1 aliphatic rings. The number of isocyanates is 1. The third kappa shape index (κ3) is 2.64. The van der Waals surface area contributed by atoms with Crippen LogP contribution in [0, 0.1) is 0 Å². The SMILES string of the molecule is CC(C)(C)OC1CN(N=C=O)C1. The average Bonchev–Trinajstić information content (AvgIpc) is 1.80. The van der Waals surface area contributed by atoms with Gasteiger partial charge in [-0.1, -0.05) is 5.10 Å². The van der Waals surface area contributed by atoms with Crippen molar-refractivity contribution in [2.75, 3.05) is 13.1 Å². The third-order valence-corrected chi connectivity index (χ3v) is 1.53. The van der Waals surface area contributed by atoms with Crippen LogP contribution in [-0.4, -0.2) is 35.9 Å². The monoisotopic (exact) mass is 170 g/mol. The lowest BCUT2D eigenvalue weighted by Crippen LogP contribution is -2.51. The van der Waals surface area contributed by atoms with Gasteiger partial charge < -0.3 is 4.74 Å². The molecule has 4 heteroatoms. The van der Waals surface area contributed by atoms with Gasteiger partial charge in [0.25, 0.3) is 6.08 Å². The number of hydrogen-bond acceptors (Lipinski definition) is 4. The van der Waals surface area contributed by atoms with Crippen LogP contribution in [0.25, 0.3) is 0 Å². The first-order chi connectivity index (χ1) is 5.51. The molecule has 0 aromatic heterocycles. The van der Waals surface area contributed by atoms with Crippen LogP contribution in [0.4, 0.5) is 0 Å². The molecule has 1 fully saturated rings. The van der Waals surface area contributed by atoms with Gasteiger partial charge in [-0.05, 0) is 20.8 Å². The van der Waals surface area contributed by atoms with Crippen molar-refractivity contribution in [3.63, 3.8) is 0 Å². The summed E-state index contributed by atoms with van der Waals surface area (Å²) in [4.78, 5) is 9.83. The summed E-state index contributed by atoms with van der Waals surface area (Å²) >= 11 is 0. The highest BCUT2D eigenvalue weighted by Crippen LogP contribution is 2.18. The molecule has 1 heterocycles. The fourth-order valence-corrected chi connectivity index (χ4v) is 1.13. The molecule has 0 N–H and O–H groups in total. The lowest BCUT2D eigenvalue weighted by Gasteiger charge is -2.39. The van der Waals surface area contributed by atoms with Gasteiger partial charge in [0, 0.05) is 0 Å². The minimum Gasteiger partial charge on any atom is -0.369 e. The Morgan fingerprint density at radius 2 is 2.08 bits per heavy atom. The predicted molar refractivity (Wildman–Crippen MR) is 44.3 cm³/mol. The Morgan fingerprint density at radius 1 is 1.50 bits per heavy atom. The summed E-state index contributed by atoms with van der Waals surface area (Å²) in [5.41, 5.74) is -0.109. The molecule has 1 rings (SSSR count). The topological polar surface area (TPSA) is 41.9 Å². The van der Waals surface area contributed by atoms with E-state index in [2.05, 4.69) is 5.10 Å². The smallest absolute Gasteiger partial charge is 0.258 e. The molecule has 4 nitrogen and oxygen atoms in total. The van der Waals surface area contributed by atoms with E-state index in [1.54, 1.807) is 5.01 Å². The van der Waals surface area contributed by atoms with Crippen LogP contribution in [0.3, 0.4) is 0 Å². The molecule has 0 aromatic rings. The van der Waals surface area contributed by atoms with Crippen LogP contribution < -0.4 is 0 Å². The number of ether oxygens (including phenoxy) is 1. The normalized spacial score (nSPS) is 18.4. The number of nitrogens with zero attached hydrogens (tertiary/aromatic N) is 2. The van der Waals surface area contributed by atoms with Gasteiger partial charge in [0.05, 0.1) is 24.8 Å². The van der Waals surface area contributed by atoms with Crippen molar-refractivity contribution in [3.8, 4) is 0 Å². The summed E-state index contributed by atoms with van der Waals surface area (Å²) in [7, 11) is 0. The van der Waals surface area contributed by atoms with Gasteiger partial charge in [-0.15, -0.1) is 0 Å². The maximum absolute atomic E-state index is 9.83. The van der Waals surface area contributed by atoms with Crippen LogP contribution in [0.1, 0.15) is 20.8 Å². The van der Waals surface area contributed by atoms with Gasteiger partial charge >= 0.3 is 0 Å². The van der Waals surface area contributed by atoms with E-state index in [-0.39, 0.29) is 11.7 Å². The Balaban J connectivity index is 2.22. The molecule has 68 valence electrons. The second-order valence-corrected chi connectivity index (χ2v) is 3.92. The fraction of sp³-hybridized carbons (Fsp3) is 0.875. The lowest BCUT2D eigenvalue weighted by molar-refractivity contribution is -0.123. The molecule has 0 aliphatic carbocycles. The molecule has 0 radical (unpaired) electrons. The first kappa shape index (κ1) is 9.23. The van der Waals surface area contributed by atoms with Crippen LogP contribution in [0.15, 0.2) is 5.10 Å². The lowest BCUT2D eigenvalue weighted by atomic mass is 10.1. The summed E-state index contributed by atoms with van der Waals surface area (Å²) in [5.74, 6) is 0. The van der Waals surface area contributed by atoms with Crippen LogP contribution in [0.5, 0.6) is 0 Å². The van der Waals surface area contributed by atoms with E-state index >= 15 is 0 Å². The van der Waals surface area contributed by atoms with Crippen molar-refractivity contribution < 1.29 is 9.53 Å². The van der Waals surface area contributed by atoms with Crippen LogP contribution in [0.2, 0.25) is 0 Å². The fourth-order valence-electron chi connectivity index (χ4n) is 1.13. The second-order valence-electron chi connectivity index (χ2n) is 3.92. The maximum atomic E-state index is 9.83. The highest BCUT2D eigenvalue weighted by molar-refractivity contribution is 5.32. The highest BCUT2D eigenvalue weighted by Gasteiger charge is 2.30. The molecule has 1 saturated heterocycles. The van der Waals surface area contributed by atoms with E-state index in [4.69, 9.17) is 4.74 Å². The molecule has 1 aliphatic heterocycles. The van der Waals surface area contributed by atoms with Gasteiger partial charge in [0.1, 0.15) is 0 Å². The number of hydrazone groups is 1. The maximum Gasteiger partial charge on any atom is 0.258 e. The minimum absolute atomic E-state index is 0.109. The molecule has 0 amide bonds. The largest absolute Gasteiger partial charge is 0.369 e. The molecule has 0 atom stereocenters. The van der Waals surface area contributed by atoms with E-state index < -0.39 is 0 Å². The van der Waals surface area contributed by atoms with Gasteiger partial charge in [-0.3, -0.25) is 5.01 Å². The molecular weight excluding hydrogens is 156 g/mol. The Kier molecular flexibility index (Phi) is 2.50. The van der Waals surface area contributed by atoms with E-state index in [9.17, 15) is 4.79 Å². The van der Waals surface area contributed by atoms with Crippen LogP contribution >= 0.6 is 0 Å². The van der Waals surface area contributed by atoms with Crippen LogP contribution in [-0.2, 0) is 9.53 Å². The number of carbonyl (C=O) groups excluding carboxylic acids is 1. The molecular formula is C8H14N2O2. The van der Waals surface area contributed by atoms with E-state index in [1.807, 2.05) is 20.8 Å². The van der Waals surface area contributed by atoms with Gasteiger partial charge in [0.2, 0.25) is 0 Å². The van der Waals surface area contributed by atoms with Gasteiger partial charge in [0.15, 0.2) is 0 Å². The van der Waals surface area contributed by atoms with Crippen molar-refractivity contribution in [1.29, 1.82) is 0 Å². The Morgan fingerprint density at radius 3 is 2.50 bits per heavy atom.